The molecule has 0 radical (unpaired) electrons. The molecule has 1 fully saturated rings. The molecule has 3 rings (SSSR count). The van der Waals surface area contributed by atoms with Crippen molar-refractivity contribution in [2.75, 3.05) is 19.0 Å². The molecule has 1 saturated carbocycles. The van der Waals surface area contributed by atoms with Crippen LogP contribution in [0.5, 0.6) is 5.88 Å². The predicted molar refractivity (Wildman–Crippen MR) is 87.4 cm³/mol. The molecule has 1 amide bonds. The van der Waals surface area contributed by atoms with Gasteiger partial charge in [-0.2, -0.15) is 0 Å². The van der Waals surface area contributed by atoms with E-state index in [2.05, 4.69) is 20.6 Å². The quantitative estimate of drug-likeness (QED) is 0.820. The normalized spacial score (nSPS) is 13.4. The number of amides is 1. The van der Waals surface area contributed by atoms with Gasteiger partial charge in [-0.15, -0.1) is 0 Å². The summed E-state index contributed by atoms with van der Waals surface area (Å²) in [6.07, 6.45) is 5.90. The topological polar surface area (TPSA) is 76.1 Å². The molecule has 0 aliphatic heterocycles. The third kappa shape index (κ3) is 4.18. The van der Waals surface area contributed by atoms with Crippen LogP contribution in [0, 0.1) is 5.92 Å². The van der Waals surface area contributed by atoms with E-state index in [4.69, 9.17) is 4.74 Å². The van der Waals surface area contributed by atoms with Gasteiger partial charge in [0.15, 0.2) is 0 Å². The van der Waals surface area contributed by atoms with Crippen molar-refractivity contribution in [3.05, 3.63) is 47.8 Å². The largest absolute Gasteiger partial charge is 0.477 e. The summed E-state index contributed by atoms with van der Waals surface area (Å²) in [7, 11) is 1.60. The van der Waals surface area contributed by atoms with Gasteiger partial charge in [0, 0.05) is 32.1 Å². The number of rotatable bonds is 7. The number of hydrogen-bond donors (Lipinski definition) is 2. The number of ether oxygens (including phenoxy) is 1. The highest BCUT2D eigenvalue weighted by atomic mass is 16.5. The Bertz CT molecular complexity index is 686. The second-order valence-corrected chi connectivity index (χ2v) is 5.59. The SMILES string of the molecule is CNC(=O)c1cccnc1NCc1ccnc(OCC2CC2)c1. The first-order valence-corrected chi connectivity index (χ1v) is 7.75. The number of pyridine rings is 2. The number of carbonyl (C=O) groups excluding carboxylic acids is 1. The predicted octanol–water partition coefficient (Wildman–Crippen LogP) is 2.24. The van der Waals surface area contributed by atoms with Gasteiger partial charge in [-0.05, 0) is 42.5 Å². The van der Waals surface area contributed by atoms with Crippen molar-refractivity contribution in [2.24, 2.45) is 5.92 Å². The lowest BCUT2D eigenvalue weighted by atomic mass is 10.2. The summed E-state index contributed by atoms with van der Waals surface area (Å²) in [6, 6.07) is 7.31. The maximum absolute atomic E-state index is 11.8. The molecule has 0 saturated heterocycles. The van der Waals surface area contributed by atoms with Crippen LogP contribution in [-0.2, 0) is 6.54 Å². The zero-order valence-corrected chi connectivity index (χ0v) is 13.1. The number of anilines is 1. The Kier molecular flexibility index (Phi) is 4.71. The van der Waals surface area contributed by atoms with E-state index in [1.165, 1.54) is 12.8 Å². The number of carbonyl (C=O) groups is 1. The third-order valence-electron chi connectivity index (χ3n) is 3.70. The Morgan fingerprint density at radius 1 is 1.30 bits per heavy atom. The van der Waals surface area contributed by atoms with E-state index in [0.717, 1.165) is 12.2 Å². The fraction of sp³-hybridized carbons (Fsp3) is 0.353. The number of aromatic nitrogens is 2. The van der Waals surface area contributed by atoms with Crippen LogP contribution in [-0.4, -0.2) is 29.5 Å². The molecule has 0 bridgehead atoms. The van der Waals surface area contributed by atoms with Crippen LogP contribution in [0.2, 0.25) is 0 Å². The molecule has 2 heterocycles. The molecule has 23 heavy (non-hydrogen) atoms. The van der Waals surface area contributed by atoms with Crippen LogP contribution in [0.25, 0.3) is 0 Å². The number of nitrogens with zero attached hydrogens (tertiary/aromatic N) is 2. The number of hydrogen-bond acceptors (Lipinski definition) is 5. The Morgan fingerprint density at radius 3 is 2.96 bits per heavy atom. The van der Waals surface area contributed by atoms with Gasteiger partial charge in [-0.3, -0.25) is 4.79 Å². The highest BCUT2D eigenvalue weighted by molar-refractivity contribution is 5.98. The smallest absolute Gasteiger partial charge is 0.254 e. The van der Waals surface area contributed by atoms with E-state index in [9.17, 15) is 4.79 Å². The standard InChI is InChI=1S/C17H20N4O2/c1-18-17(22)14-3-2-7-20-16(14)21-10-13-6-8-19-15(9-13)23-11-12-4-5-12/h2-3,6-9,12H,4-5,10-11H2,1H3,(H,18,22)(H,20,21). The van der Waals surface area contributed by atoms with E-state index < -0.39 is 0 Å². The summed E-state index contributed by atoms with van der Waals surface area (Å²) in [4.78, 5) is 20.3. The van der Waals surface area contributed by atoms with Gasteiger partial charge in [0.05, 0.1) is 12.2 Å². The first-order valence-electron chi connectivity index (χ1n) is 7.75. The fourth-order valence-electron chi connectivity index (χ4n) is 2.18. The fourth-order valence-corrected chi connectivity index (χ4v) is 2.18. The summed E-state index contributed by atoms with van der Waals surface area (Å²) in [5.74, 6) is 1.74. The Balaban J connectivity index is 1.63. The minimum absolute atomic E-state index is 0.163. The Hall–Kier alpha value is -2.63. The lowest BCUT2D eigenvalue weighted by molar-refractivity contribution is 0.0963. The van der Waals surface area contributed by atoms with Crippen molar-refractivity contribution in [1.82, 2.24) is 15.3 Å². The highest BCUT2D eigenvalue weighted by Crippen LogP contribution is 2.29. The lowest BCUT2D eigenvalue weighted by Crippen LogP contribution is -2.20. The highest BCUT2D eigenvalue weighted by Gasteiger charge is 2.22. The monoisotopic (exact) mass is 312 g/mol. The second-order valence-electron chi connectivity index (χ2n) is 5.59. The van der Waals surface area contributed by atoms with Crippen molar-refractivity contribution in [1.29, 1.82) is 0 Å². The maximum Gasteiger partial charge on any atom is 0.254 e. The van der Waals surface area contributed by atoms with Crippen molar-refractivity contribution < 1.29 is 9.53 Å². The van der Waals surface area contributed by atoms with Gasteiger partial charge in [0.2, 0.25) is 5.88 Å². The van der Waals surface area contributed by atoms with Crippen LogP contribution in [0.15, 0.2) is 36.7 Å². The molecule has 2 aromatic heterocycles. The molecule has 6 heteroatoms. The van der Waals surface area contributed by atoms with Gasteiger partial charge in [-0.25, -0.2) is 9.97 Å². The summed E-state index contributed by atoms with van der Waals surface area (Å²) < 4.78 is 5.68. The van der Waals surface area contributed by atoms with Crippen LogP contribution in [0.1, 0.15) is 28.8 Å². The first kappa shape index (κ1) is 15.3. The third-order valence-corrected chi connectivity index (χ3v) is 3.70. The molecule has 120 valence electrons. The molecular formula is C17H20N4O2. The van der Waals surface area contributed by atoms with E-state index in [1.54, 1.807) is 31.6 Å². The van der Waals surface area contributed by atoms with Gasteiger partial charge < -0.3 is 15.4 Å². The number of nitrogens with one attached hydrogen (secondary N) is 2. The van der Waals surface area contributed by atoms with Crippen molar-refractivity contribution in [3.63, 3.8) is 0 Å². The van der Waals surface area contributed by atoms with E-state index in [0.29, 0.717) is 29.7 Å². The van der Waals surface area contributed by atoms with Crippen LogP contribution in [0.3, 0.4) is 0 Å². The average molecular weight is 312 g/mol. The summed E-state index contributed by atoms with van der Waals surface area (Å²) in [5.41, 5.74) is 1.55. The molecule has 0 spiro atoms. The first-order chi connectivity index (χ1) is 11.3. The summed E-state index contributed by atoms with van der Waals surface area (Å²) in [5, 5.41) is 5.81. The molecule has 2 N–H and O–H groups in total. The second kappa shape index (κ2) is 7.09. The molecule has 0 aromatic carbocycles. The molecule has 0 atom stereocenters. The average Bonchev–Trinajstić information content (AvgIpc) is 3.42. The minimum atomic E-state index is -0.163. The van der Waals surface area contributed by atoms with E-state index in [1.807, 2.05) is 12.1 Å². The molecule has 6 nitrogen and oxygen atoms in total. The maximum atomic E-state index is 11.8. The van der Waals surface area contributed by atoms with Crippen molar-refractivity contribution >= 4 is 11.7 Å². The zero-order chi connectivity index (χ0) is 16.1. The van der Waals surface area contributed by atoms with E-state index >= 15 is 0 Å². The van der Waals surface area contributed by atoms with Gasteiger partial charge in [0.25, 0.3) is 5.91 Å². The Morgan fingerprint density at radius 2 is 2.17 bits per heavy atom. The van der Waals surface area contributed by atoms with E-state index in [-0.39, 0.29) is 5.91 Å². The summed E-state index contributed by atoms with van der Waals surface area (Å²) >= 11 is 0. The van der Waals surface area contributed by atoms with Crippen molar-refractivity contribution in [2.45, 2.75) is 19.4 Å². The van der Waals surface area contributed by atoms with Gasteiger partial charge >= 0.3 is 0 Å². The van der Waals surface area contributed by atoms with Gasteiger partial charge in [-0.1, -0.05) is 0 Å². The molecule has 0 unspecified atom stereocenters. The van der Waals surface area contributed by atoms with Crippen molar-refractivity contribution in [3.8, 4) is 5.88 Å². The Labute approximate surface area is 135 Å². The van der Waals surface area contributed by atoms with Crippen LogP contribution in [0.4, 0.5) is 5.82 Å². The van der Waals surface area contributed by atoms with Crippen LogP contribution < -0.4 is 15.4 Å². The summed E-state index contributed by atoms with van der Waals surface area (Å²) in [6.45, 7) is 1.29. The lowest BCUT2D eigenvalue weighted by Gasteiger charge is -2.11. The van der Waals surface area contributed by atoms with Crippen LogP contribution >= 0.6 is 0 Å². The molecule has 1 aliphatic carbocycles. The zero-order valence-electron chi connectivity index (χ0n) is 13.1. The molecule has 1 aliphatic rings. The molecular weight excluding hydrogens is 292 g/mol. The minimum Gasteiger partial charge on any atom is -0.477 e. The molecule has 2 aromatic rings. The van der Waals surface area contributed by atoms with Gasteiger partial charge in [0.1, 0.15) is 5.82 Å².